The molecule has 20 heavy (non-hydrogen) atoms. The Morgan fingerprint density at radius 3 is 2.55 bits per heavy atom. The lowest BCUT2D eigenvalue weighted by Crippen LogP contribution is -2.08. The van der Waals surface area contributed by atoms with E-state index < -0.39 is 0 Å². The Bertz CT molecular complexity index is 613. The smallest absolute Gasteiger partial charge is 0.231 e. The van der Waals surface area contributed by atoms with Crippen LogP contribution in [-0.4, -0.2) is 28.3 Å². The highest BCUT2D eigenvalue weighted by Crippen LogP contribution is 2.30. The quantitative estimate of drug-likeness (QED) is 0.879. The summed E-state index contributed by atoms with van der Waals surface area (Å²) >= 11 is 0. The molecule has 0 aliphatic carbocycles. The van der Waals surface area contributed by atoms with Crippen molar-refractivity contribution in [2.24, 2.45) is 5.92 Å². The van der Waals surface area contributed by atoms with Crippen LogP contribution in [-0.2, 0) is 0 Å². The molecule has 1 aliphatic rings. The summed E-state index contributed by atoms with van der Waals surface area (Å²) in [4.78, 5) is 4.53. The molecule has 1 aliphatic heterocycles. The molecule has 2 aromatic rings. The molecule has 3 rings (SSSR count). The number of aryl methyl sites for hydroxylation is 2. The molecule has 2 atom stereocenters. The second-order valence-corrected chi connectivity index (χ2v) is 5.66. The van der Waals surface area contributed by atoms with Crippen LogP contribution in [0.3, 0.4) is 0 Å². The Labute approximate surface area is 118 Å². The molecule has 5 nitrogen and oxygen atoms in total. The van der Waals surface area contributed by atoms with Crippen LogP contribution in [0.4, 0.5) is 0 Å². The molecule has 2 heterocycles. The van der Waals surface area contributed by atoms with Crippen molar-refractivity contribution in [2.75, 3.05) is 13.1 Å². The molecule has 0 spiro atoms. The van der Waals surface area contributed by atoms with Crippen molar-refractivity contribution < 1.29 is 9.63 Å². The molecule has 106 valence electrons. The van der Waals surface area contributed by atoms with E-state index in [2.05, 4.69) is 22.4 Å². The number of nitrogens with zero attached hydrogens (tertiary/aromatic N) is 2. The number of phenolic OH excluding ortho intramolecular Hbond substituents is 1. The lowest BCUT2D eigenvalue weighted by Gasteiger charge is -2.07. The van der Waals surface area contributed by atoms with Crippen molar-refractivity contribution in [1.82, 2.24) is 15.5 Å². The SMILES string of the molecule is Cc1cc(-c2noc([C@@H]3CNC[C@H]3C)n2)cc(C)c1O. The van der Waals surface area contributed by atoms with E-state index in [4.69, 9.17) is 4.52 Å². The van der Waals surface area contributed by atoms with Gasteiger partial charge in [0.25, 0.3) is 0 Å². The number of rotatable bonds is 2. The summed E-state index contributed by atoms with van der Waals surface area (Å²) in [7, 11) is 0. The van der Waals surface area contributed by atoms with Gasteiger partial charge in [0.2, 0.25) is 11.7 Å². The van der Waals surface area contributed by atoms with Gasteiger partial charge in [-0.3, -0.25) is 0 Å². The van der Waals surface area contributed by atoms with E-state index in [0.29, 0.717) is 23.4 Å². The summed E-state index contributed by atoms with van der Waals surface area (Å²) in [6.07, 6.45) is 0. The first-order valence-electron chi connectivity index (χ1n) is 6.91. The molecule has 1 fully saturated rings. The maximum atomic E-state index is 9.82. The van der Waals surface area contributed by atoms with Crippen molar-refractivity contribution in [3.8, 4) is 17.1 Å². The fourth-order valence-corrected chi connectivity index (χ4v) is 2.73. The number of aromatic nitrogens is 2. The van der Waals surface area contributed by atoms with Gasteiger partial charge in [-0.15, -0.1) is 0 Å². The fourth-order valence-electron chi connectivity index (χ4n) is 2.73. The van der Waals surface area contributed by atoms with Crippen LogP contribution in [0.25, 0.3) is 11.4 Å². The molecule has 1 aromatic carbocycles. The summed E-state index contributed by atoms with van der Waals surface area (Å²) in [6.45, 7) is 7.80. The van der Waals surface area contributed by atoms with E-state index in [1.54, 1.807) is 0 Å². The largest absolute Gasteiger partial charge is 0.507 e. The van der Waals surface area contributed by atoms with Gasteiger partial charge in [0.1, 0.15) is 5.75 Å². The number of aromatic hydroxyl groups is 1. The van der Waals surface area contributed by atoms with Crippen LogP contribution >= 0.6 is 0 Å². The molecular formula is C15H19N3O2. The van der Waals surface area contributed by atoms with Crippen molar-refractivity contribution in [3.63, 3.8) is 0 Å². The van der Waals surface area contributed by atoms with Gasteiger partial charge in [0.05, 0.1) is 5.92 Å². The summed E-state index contributed by atoms with van der Waals surface area (Å²) in [6, 6.07) is 3.76. The third-order valence-electron chi connectivity index (χ3n) is 4.03. The second kappa shape index (κ2) is 4.90. The summed E-state index contributed by atoms with van der Waals surface area (Å²) in [5.41, 5.74) is 2.52. The lowest BCUT2D eigenvalue weighted by atomic mass is 9.98. The molecule has 0 radical (unpaired) electrons. The first-order valence-corrected chi connectivity index (χ1v) is 6.91. The van der Waals surface area contributed by atoms with Crippen LogP contribution in [0.2, 0.25) is 0 Å². The zero-order valence-corrected chi connectivity index (χ0v) is 12.0. The Morgan fingerprint density at radius 2 is 1.95 bits per heavy atom. The summed E-state index contributed by atoms with van der Waals surface area (Å²) in [5, 5.41) is 17.2. The molecule has 0 bridgehead atoms. The van der Waals surface area contributed by atoms with Crippen LogP contribution in [0.15, 0.2) is 16.7 Å². The predicted octanol–water partition coefficient (Wildman–Crippen LogP) is 2.38. The monoisotopic (exact) mass is 273 g/mol. The fraction of sp³-hybridized carbons (Fsp3) is 0.467. The van der Waals surface area contributed by atoms with Crippen molar-refractivity contribution in [3.05, 3.63) is 29.2 Å². The molecule has 0 saturated carbocycles. The maximum absolute atomic E-state index is 9.82. The summed E-state index contributed by atoms with van der Waals surface area (Å²) < 4.78 is 5.42. The van der Waals surface area contributed by atoms with E-state index in [1.165, 1.54) is 0 Å². The van der Waals surface area contributed by atoms with Crippen LogP contribution < -0.4 is 5.32 Å². The van der Waals surface area contributed by atoms with Crippen molar-refractivity contribution in [1.29, 1.82) is 0 Å². The molecule has 0 amide bonds. The van der Waals surface area contributed by atoms with E-state index >= 15 is 0 Å². The first-order chi connectivity index (χ1) is 9.56. The van der Waals surface area contributed by atoms with Crippen LogP contribution in [0.5, 0.6) is 5.75 Å². The van der Waals surface area contributed by atoms with Gasteiger partial charge in [-0.25, -0.2) is 0 Å². The van der Waals surface area contributed by atoms with Crippen LogP contribution in [0, 0.1) is 19.8 Å². The van der Waals surface area contributed by atoms with E-state index in [1.807, 2.05) is 26.0 Å². The minimum absolute atomic E-state index is 0.288. The van der Waals surface area contributed by atoms with Gasteiger partial charge in [-0.2, -0.15) is 4.98 Å². The Morgan fingerprint density at radius 1 is 1.25 bits per heavy atom. The first kappa shape index (κ1) is 13.1. The minimum Gasteiger partial charge on any atom is -0.507 e. The van der Waals surface area contributed by atoms with E-state index in [0.717, 1.165) is 29.8 Å². The molecule has 5 heteroatoms. The molecule has 0 unspecified atom stereocenters. The highest BCUT2D eigenvalue weighted by Gasteiger charge is 2.29. The van der Waals surface area contributed by atoms with Gasteiger partial charge in [-0.05, 0) is 49.6 Å². The zero-order valence-electron chi connectivity index (χ0n) is 12.0. The van der Waals surface area contributed by atoms with Crippen molar-refractivity contribution >= 4 is 0 Å². The third-order valence-corrected chi connectivity index (χ3v) is 4.03. The average Bonchev–Trinajstić information content (AvgIpc) is 3.03. The van der Waals surface area contributed by atoms with E-state index in [-0.39, 0.29) is 5.92 Å². The molecule has 1 saturated heterocycles. The average molecular weight is 273 g/mol. The number of hydrogen-bond donors (Lipinski definition) is 2. The highest BCUT2D eigenvalue weighted by molar-refractivity contribution is 5.60. The Balaban J connectivity index is 1.94. The normalized spacial score (nSPS) is 22.4. The Kier molecular flexibility index (Phi) is 3.22. The lowest BCUT2D eigenvalue weighted by molar-refractivity contribution is 0.340. The topological polar surface area (TPSA) is 71.2 Å². The number of hydrogen-bond acceptors (Lipinski definition) is 5. The second-order valence-electron chi connectivity index (χ2n) is 5.66. The minimum atomic E-state index is 0.288. The standard InChI is InChI=1S/C15H19N3O2/c1-8-4-11(5-9(2)13(8)19)14-17-15(20-18-14)12-7-16-6-10(12)3/h4-5,10,12,16,19H,6-7H2,1-3H3/t10-,12-/m1/s1. The number of benzene rings is 1. The summed E-state index contributed by atoms with van der Waals surface area (Å²) in [5.74, 6) is 2.40. The van der Waals surface area contributed by atoms with Gasteiger partial charge < -0.3 is 14.9 Å². The maximum Gasteiger partial charge on any atom is 0.231 e. The Hall–Kier alpha value is -1.88. The molecule has 2 N–H and O–H groups in total. The molecule has 1 aromatic heterocycles. The van der Waals surface area contributed by atoms with Crippen LogP contribution in [0.1, 0.15) is 29.9 Å². The van der Waals surface area contributed by atoms with Gasteiger partial charge in [0, 0.05) is 12.1 Å². The van der Waals surface area contributed by atoms with Gasteiger partial charge in [-0.1, -0.05) is 12.1 Å². The highest BCUT2D eigenvalue weighted by atomic mass is 16.5. The van der Waals surface area contributed by atoms with Gasteiger partial charge in [0.15, 0.2) is 0 Å². The van der Waals surface area contributed by atoms with Crippen molar-refractivity contribution in [2.45, 2.75) is 26.7 Å². The predicted molar refractivity (Wildman–Crippen MR) is 75.6 cm³/mol. The third kappa shape index (κ3) is 2.18. The number of nitrogens with one attached hydrogen (secondary N) is 1. The molecular weight excluding hydrogens is 254 g/mol. The zero-order chi connectivity index (χ0) is 14.3. The number of phenols is 1. The van der Waals surface area contributed by atoms with E-state index in [9.17, 15) is 5.11 Å². The van der Waals surface area contributed by atoms with Gasteiger partial charge >= 0.3 is 0 Å².